The maximum atomic E-state index is 14.6. The highest BCUT2D eigenvalue weighted by molar-refractivity contribution is 5.73. The van der Waals surface area contributed by atoms with Gasteiger partial charge in [-0.1, -0.05) is 48.5 Å². The number of nitrogens with one attached hydrogen (secondary N) is 2. The third-order valence-electron chi connectivity index (χ3n) is 4.73. The first-order valence-corrected chi connectivity index (χ1v) is 10.1. The van der Waals surface area contributed by atoms with Crippen LogP contribution in [0, 0.1) is 11.6 Å². The Hall–Kier alpha value is -4.12. The summed E-state index contributed by atoms with van der Waals surface area (Å²) in [6.45, 7) is 0.657. The third kappa shape index (κ3) is 7.18. The summed E-state index contributed by atoms with van der Waals surface area (Å²) >= 11 is 0. The van der Waals surface area contributed by atoms with Gasteiger partial charge < -0.3 is 10.4 Å². The van der Waals surface area contributed by atoms with Crippen molar-refractivity contribution in [3.63, 3.8) is 0 Å². The molecule has 0 fully saturated rings. The fourth-order valence-corrected chi connectivity index (χ4v) is 3.05. The summed E-state index contributed by atoms with van der Waals surface area (Å²) in [7, 11) is 0. The molecule has 6 nitrogen and oxygen atoms in total. The molecular weight excluding hydrogens is 471 g/mol. The quantitative estimate of drug-likeness (QED) is 0.318. The number of carboxylic acids is 1. The van der Waals surface area contributed by atoms with E-state index >= 15 is 0 Å². The molecule has 0 bridgehead atoms. The lowest BCUT2D eigenvalue weighted by atomic mass is 10.0. The van der Waals surface area contributed by atoms with Crippen LogP contribution in [0.1, 0.15) is 11.1 Å². The number of aromatic nitrogens is 3. The summed E-state index contributed by atoms with van der Waals surface area (Å²) in [5.74, 6) is -3.37. The molecule has 35 heavy (non-hydrogen) atoms. The van der Waals surface area contributed by atoms with Crippen molar-refractivity contribution in [3.05, 3.63) is 95.8 Å². The first-order chi connectivity index (χ1) is 16.6. The Morgan fingerprint density at radius 3 is 2.09 bits per heavy atom. The standard InChI is InChI=1S/C22H18F2N4.C2HF3O2/c23-20-10-18(16-7-4-8-17(9-16)22-26-14-27-28-22)11-21(24)19(20)13-25-12-15-5-2-1-3-6-15;3-2(4,5)1(6)7/h1-11,14,25H,12-13H2,(H,26,27,28);(H,6,7). The molecular formula is C24H19F5N4O2. The van der Waals surface area contributed by atoms with Crippen molar-refractivity contribution < 1.29 is 31.9 Å². The molecule has 182 valence electrons. The van der Waals surface area contributed by atoms with E-state index in [0.717, 1.165) is 11.1 Å². The normalized spacial score (nSPS) is 11.0. The zero-order valence-corrected chi connectivity index (χ0v) is 18.0. The van der Waals surface area contributed by atoms with E-state index in [4.69, 9.17) is 9.90 Å². The summed E-state index contributed by atoms with van der Waals surface area (Å²) in [4.78, 5) is 13.0. The summed E-state index contributed by atoms with van der Waals surface area (Å²) in [5, 5.41) is 16.9. The maximum absolute atomic E-state index is 14.6. The van der Waals surface area contributed by atoms with Crippen LogP contribution in [0.15, 0.2) is 73.1 Å². The van der Waals surface area contributed by atoms with E-state index in [9.17, 15) is 22.0 Å². The molecule has 0 radical (unpaired) electrons. The zero-order valence-electron chi connectivity index (χ0n) is 18.0. The van der Waals surface area contributed by atoms with Gasteiger partial charge in [0.1, 0.15) is 18.0 Å². The predicted octanol–water partition coefficient (Wildman–Crippen LogP) is 5.34. The molecule has 0 saturated carbocycles. The van der Waals surface area contributed by atoms with Crippen LogP contribution in [0.5, 0.6) is 0 Å². The molecule has 0 aliphatic heterocycles. The van der Waals surface area contributed by atoms with E-state index in [0.29, 0.717) is 23.5 Å². The summed E-state index contributed by atoms with van der Waals surface area (Å²) in [6.07, 6.45) is -3.60. The Labute approximate surface area is 196 Å². The number of benzene rings is 3. The molecule has 0 aliphatic rings. The Morgan fingerprint density at radius 1 is 0.886 bits per heavy atom. The highest BCUT2D eigenvalue weighted by atomic mass is 19.4. The van der Waals surface area contributed by atoms with Gasteiger partial charge in [-0.2, -0.15) is 18.3 Å². The number of alkyl halides is 3. The predicted molar refractivity (Wildman–Crippen MR) is 118 cm³/mol. The molecule has 0 saturated heterocycles. The minimum absolute atomic E-state index is 0.0322. The van der Waals surface area contributed by atoms with Gasteiger partial charge in [-0.25, -0.2) is 18.6 Å². The van der Waals surface area contributed by atoms with Crippen molar-refractivity contribution in [2.75, 3.05) is 0 Å². The second-order valence-corrected chi connectivity index (χ2v) is 7.21. The number of aromatic amines is 1. The molecule has 11 heteroatoms. The van der Waals surface area contributed by atoms with Crippen molar-refractivity contribution in [1.82, 2.24) is 20.5 Å². The molecule has 1 heterocycles. The molecule has 0 unspecified atom stereocenters. The SMILES string of the molecule is Fc1cc(-c2cccc(-c3nc[nH]n3)c2)cc(F)c1CNCc1ccccc1.O=C(O)C(F)(F)F. The average molecular weight is 490 g/mol. The molecule has 1 aromatic heterocycles. The van der Waals surface area contributed by atoms with Gasteiger partial charge in [0.15, 0.2) is 5.82 Å². The van der Waals surface area contributed by atoms with Gasteiger partial charge in [-0.05, 0) is 34.9 Å². The Bertz CT molecular complexity index is 1240. The number of H-pyrrole nitrogens is 1. The van der Waals surface area contributed by atoms with Crippen molar-refractivity contribution >= 4 is 5.97 Å². The van der Waals surface area contributed by atoms with Gasteiger partial charge in [-0.15, -0.1) is 0 Å². The first-order valence-electron chi connectivity index (χ1n) is 10.1. The Balaban J connectivity index is 0.000000429. The van der Waals surface area contributed by atoms with Crippen LogP contribution in [0.25, 0.3) is 22.5 Å². The summed E-state index contributed by atoms with van der Waals surface area (Å²) in [5.41, 5.74) is 3.03. The largest absolute Gasteiger partial charge is 0.490 e. The van der Waals surface area contributed by atoms with Crippen LogP contribution >= 0.6 is 0 Å². The van der Waals surface area contributed by atoms with E-state index < -0.39 is 23.8 Å². The van der Waals surface area contributed by atoms with Crippen LogP contribution in [0.4, 0.5) is 22.0 Å². The van der Waals surface area contributed by atoms with Gasteiger partial charge in [0.05, 0.1) is 0 Å². The Kier molecular flexibility index (Phi) is 8.26. The highest BCUT2D eigenvalue weighted by Crippen LogP contribution is 2.27. The second kappa shape index (κ2) is 11.3. The lowest BCUT2D eigenvalue weighted by molar-refractivity contribution is -0.192. The fraction of sp³-hybridized carbons (Fsp3) is 0.125. The number of carbonyl (C=O) groups is 1. The molecule has 4 rings (SSSR count). The van der Waals surface area contributed by atoms with Crippen LogP contribution in [0.2, 0.25) is 0 Å². The zero-order chi connectivity index (χ0) is 25.4. The van der Waals surface area contributed by atoms with E-state index in [1.807, 2.05) is 48.5 Å². The van der Waals surface area contributed by atoms with E-state index in [-0.39, 0.29) is 12.1 Å². The second-order valence-electron chi connectivity index (χ2n) is 7.21. The minimum Gasteiger partial charge on any atom is -0.475 e. The van der Waals surface area contributed by atoms with Gasteiger partial charge in [-0.3, -0.25) is 5.10 Å². The van der Waals surface area contributed by atoms with E-state index in [2.05, 4.69) is 20.5 Å². The molecule has 0 aliphatic carbocycles. The van der Waals surface area contributed by atoms with Crippen LogP contribution in [-0.2, 0) is 17.9 Å². The monoisotopic (exact) mass is 490 g/mol. The van der Waals surface area contributed by atoms with Crippen LogP contribution < -0.4 is 5.32 Å². The lowest BCUT2D eigenvalue weighted by Gasteiger charge is -2.10. The average Bonchev–Trinajstić information content (AvgIpc) is 3.36. The molecule has 3 N–H and O–H groups in total. The van der Waals surface area contributed by atoms with Crippen molar-refractivity contribution in [2.24, 2.45) is 0 Å². The van der Waals surface area contributed by atoms with Crippen molar-refractivity contribution in [3.8, 4) is 22.5 Å². The topological polar surface area (TPSA) is 90.9 Å². The van der Waals surface area contributed by atoms with Crippen molar-refractivity contribution in [1.29, 1.82) is 0 Å². The van der Waals surface area contributed by atoms with Crippen LogP contribution in [-0.4, -0.2) is 32.4 Å². The number of halogens is 5. The number of hydrogen-bond acceptors (Lipinski definition) is 4. The number of aliphatic carboxylic acids is 1. The highest BCUT2D eigenvalue weighted by Gasteiger charge is 2.38. The summed E-state index contributed by atoms with van der Waals surface area (Å²) in [6, 6.07) is 19.7. The van der Waals surface area contributed by atoms with Gasteiger partial charge in [0.25, 0.3) is 0 Å². The Morgan fingerprint density at radius 2 is 1.51 bits per heavy atom. The van der Waals surface area contributed by atoms with Crippen LogP contribution in [0.3, 0.4) is 0 Å². The van der Waals surface area contributed by atoms with Crippen molar-refractivity contribution in [2.45, 2.75) is 19.3 Å². The first kappa shape index (κ1) is 25.5. The van der Waals surface area contributed by atoms with Gasteiger partial charge >= 0.3 is 12.1 Å². The van der Waals surface area contributed by atoms with Gasteiger partial charge in [0, 0.05) is 24.2 Å². The smallest absolute Gasteiger partial charge is 0.475 e. The number of rotatable bonds is 6. The molecule has 0 spiro atoms. The molecule has 0 atom stereocenters. The third-order valence-corrected chi connectivity index (χ3v) is 4.73. The number of carboxylic acid groups (broad SMARTS) is 1. The minimum atomic E-state index is -5.08. The van der Waals surface area contributed by atoms with E-state index in [1.165, 1.54) is 18.5 Å². The molecule has 4 aromatic rings. The van der Waals surface area contributed by atoms with Gasteiger partial charge in [0.2, 0.25) is 0 Å². The maximum Gasteiger partial charge on any atom is 0.490 e. The lowest BCUT2D eigenvalue weighted by Crippen LogP contribution is -2.21. The summed E-state index contributed by atoms with van der Waals surface area (Å²) < 4.78 is 60.9. The molecule has 3 aromatic carbocycles. The number of hydrogen-bond donors (Lipinski definition) is 3. The molecule has 0 amide bonds. The fourth-order valence-electron chi connectivity index (χ4n) is 3.05. The number of nitrogens with zero attached hydrogens (tertiary/aromatic N) is 2. The van der Waals surface area contributed by atoms with E-state index in [1.54, 1.807) is 6.07 Å².